The van der Waals surface area contributed by atoms with Gasteiger partial charge in [-0.05, 0) is 36.1 Å². The van der Waals surface area contributed by atoms with Crippen LogP contribution in [0.2, 0.25) is 0 Å². The number of hydrogen-bond acceptors (Lipinski definition) is 5. The number of benzene rings is 2. The Morgan fingerprint density at radius 2 is 1.78 bits per heavy atom. The Morgan fingerprint density at radius 3 is 2.38 bits per heavy atom. The number of alkyl halides is 3. The van der Waals surface area contributed by atoms with Gasteiger partial charge in [0, 0.05) is 0 Å². The normalized spacial score (nSPS) is 14.5. The molecule has 0 aliphatic carbocycles. The van der Waals surface area contributed by atoms with Crippen molar-refractivity contribution >= 4 is 13.9 Å². The second-order valence-corrected chi connectivity index (χ2v) is 8.42. The zero-order valence-corrected chi connectivity index (χ0v) is 17.9. The van der Waals surface area contributed by atoms with Crippen molar-refractivity contribution in [2.75, 3.05) is 19.8 Å². The molecule has 0 bridgehead atoms. The van der Waals surface area contributed by atoms with Crippen LogP contribution in [-0.4, -0.2) is 40.3 Å². The molecule has 0 saturated carbocycles. The first-order valence-electron chi connectivity index (χ1n) is 9.59. The number of aryl methyl sites for hydroxylation is 1. The Labute approximate surface area is 183 Å². The number of nitrogens with two attached hydrogens (primary N) is 1. The number of ether oxygens (including phenoxy) is 1. The number of aliphatic hydroxyl groups is 1. The quantitative estimate of drug-likeness (QED) is 0.290. The molecule has 0 heterocycles. The zero-order valence-electron chi connectivity index (χ0n) is 17.0. The minimum absolute atomic E-state index is 0.100. The smallest absolute Gasteiger partial charge is 0.469 e. The number of rotatable bonds is 11. The van der Waals surface area contributed by atoms with Crippen molar-refractivity contribution in [3.8, 4) is 5.75 Å². The highest BCUT2D eigenvalue weighted by Crippen LogP contribution is 2.38. The minimum atomic E-state index is -4.83. The van der Waals surface area contributed by atoms with Gasteiger partial charge in [0.2, 0.25) is 0 Å². The highest BCUT2D eigenvalue weighted by Gasteiger charge is 2.34. The molecule has 2 rings (SSSR count). The van der Waals surface area contributed by atoms with Crippen LogP contribution in [-0.2, 0) is 21.7 Å². The van der Waals surface area contributed by atoms with E-state index in [1.54, 1.807) is 0 Å². The molecule has 176 valence electrons. The van der Waals surface area contributed by atoms with Crippen LogP contribution in [0.25, 0.3) is 6.08 Å². The van der Waals surface area contributed by atoms with E-state index in [-0.39, 0.29) is 17.9 Å². The van der Waals surface area contributed by atoms with Crippen molar-refractivity contribution in [1.82, 2.24) is 0 Å². The predicted octanol–water partition coefficient (Wildman–Crippen LogP) is 3.53. The molecule has 1 atom stereocenters. The van der Waals surface area contributed by atoms with Crippen LogP contribution in [0.15, 0.2) is 54.6 Å². The molecule has 11 heteroatoms. The number of phosphoric ester groups is 1. The monoisotopic (exact) mass is 475 g/mol. The van der Waals surface area contributed by atoms with E-state index in [9.17, 15) is 22.8 Å². The molecule has 0 amide bonds. The summed E-state index contributed by atoms with van der Waals surface area (Å²) < 4.78 is 61.0. The third kappa shape index (κ3) is 8.74. The summed E-state index contributed by atoms with van der Waals surface area (Å²) in [4.78, 5) is 17.5. The Balaban J connectivity index is 2.10. The van der Waals surface area contributed by atoms with Gasteiger partial charge in [-0.3, -0.25) is 4.52 Å². The maximum atomic E-state index is 13.5. The van der Waals surface area contributed by atoms with Crippen LogP contribution in [0.3, 0.4) is 0 Å². The van der Waals surface area contributed by atoms with E-state index < -0.39 is 38.3 Å². The lowest BCUT2D eigenvalue weighted by Crippen LogP contribution is -2.45. The van der Waals surface area contributed by atoms with Gasteiger partial charge < -0.3 is 25.4 Å². The number of phosphoric acid groups is 1. The molecule has 0 aliphatic heterocycles. The molecule has 32 heavy (non-hydrogen) atoms. The molecule has 0 saturated heterocycles. The van der Waals surface area contributed by atoms with Crippen LogP contribution in [0.5, 0.6) is 5.75 Å². The van der Waals surface area contributed by atoms with Gasteiger partial charge in [-0.25, -0.2) is 4.57 Å². The van der Waals surface area contributed by atoms with E-state index in [4.69, 9.17) is 20.3 Å². The molecular formula is C21H25F3NO6P. The molecule has 0 aromatic heterocycles. The Kier molecular flexibility index (Phi) is 9.03. The van der Waals surface area contributed by atoms with Crippen LogP contribution in [0, 0.1) is 0 Å². The molecule has 7 nitrogen and oxygen atoms in total. The summed E-state index contributed by atoms with van der Waals surface area (Å²) in [6, 6.07) is 12.9. The minimum Gasteiger partial charge on any atom is -0.493 e. The second kappa shape index (κ2) is 11.1. The molecule has 1 unspecified atom stereocenters. The topological polar surface area (TPSA) is 122 Å². The van der Waals surface area contributed by atoms with Crippen LogP contribution in [0.1, 0.15) is 23.1 Å². The van der Waals surface area contributed by atoms with E-state index in [2.05, 4.69) is 4.52 Å². The largest absolute Gasteiger partial charge is 0.493 e. The maximum absolute atomic E-state index is 13.5. The van der Waals surface area contributed by atoms with Gasteiger partial charge in [0.15, 0.2) is 0 Å². The standard InChI is InChI=1S/C21H25F3NO6P/c22-21(23,24)18-13-17(10-11-20(25,14-26)15-31-32(27,28)29)8-9-19(18)30-12-4-7-16-5-2-1-3-6-16/h1-3,5-6,8-11,13,26H,4,7,12,14-15,25H2,(H2,27,28,29). The summed E-state index contributed by atoms with van der Waals surface area (Å²) in [5.74, 6) is -0.311. The molecule has 5 N–H and O–H groups in total. The maximum Gasteiger partial charge on any atom is 0.469 e. The summed E-state index contributed by atoms with van der Waals surface area (Å²) in [5.41, 5.74) is 4.27. The highest BCUT2D eigenvalue weighted by atomic mass is 31.2. The Hall–Kier alpha value is -2.20. The summed E-state index contributed by atoms with van der Waals surface area (Å²) >= 11 is 0. The fourth-order valence-electron chi connectivity index (χ4n) is 2.71. The number of hydrogen-bond donors (Lipinski definition) is 4. The van der Waals surface area contributed by atoms with Gasteiger partial charge in [-0.15, -0.1) is 0 Å². The number of halogens is 3. The number of aliphatic hydroxyl groups excluding tert-OH is 1. The van der Waals surface area contributed by atoms with E-state index in [1.807, 2.05) is 30.3 Å². The van der Waals surface area contributed by atoms with E-state index >= 15 is 0 Å². The molecular weight excluding hydrogens is 450 g/mol. The fourth-order valence-corrected chi connectivity index (χ4v) is 3.12. The second-order valence-electron chi connectivity index (χ2n) is 7.18. The lowest BCUT2D eigenvalue weighted by molar-refractivity contribution is -0.139. The van der Waals surface area contributed by atoms with Crippen molar-refractivity contribution in [3.05, 3.63) is 71.3 Å². The first kappa shape index (κ1) is 26.1. The lowest BCUT2D eigenvalue weighted by Gasteiger charge is -2.23. The van der Waals surface area contributed by atoms with Gasteiger partial charge in [-0.2, -0.15) is 13.2 Å². The van der Waals surface area contributed by atoms with E-state index in [0.29, 0.717) is 12.8 Å². The van der Waals surface area contributed by atoms with Gasteiger partial charge in [-0.1, -0.05) is 48.6 Å². The molecule has 2 aromatic rings. The van der Waals surface area contributed by atoms with Crippen molar-refractivity contribution in [2.45, 2.75) is 24.6 Å². The lowest BCUT2D eigenvalue weighted by atomic mass is 10.0. The average molecular weight is 475 g/mol. The van der Waals surface area contributed by atoms with Crippen molar-refractivity contribution in [3.63, 3.8) is 0 Å². The van der Waals surface area contributed by atoms with Crippen LogP contribution in [0.4, 0.5) is 13.2 Å². The van der Waals surface area contributed by atoms with E-state index in [1.165, 1.54) is 18.2 Å². The van der Waals surface area contributed by atoms with Crippen molar-refractivity contribution < 1.29 is 41.9 Å². The summed E-state index contributed by atoms with van der Waals surface area (Å²) in [6.45, 7) is -1.39. The van der Waals surface area contributed by atoms with Crippen LogP contribution >= 0.6 is 7.82 Å². The van der Waals surface area contributed by atoms with Gasteiger partial charge >= 0.3 is 14.0 Å². The first-order valence-corrected chi connectivity index (χ1v) is 11.1. The van der Waals surface area contributed by atoms with Gasteiger partial charge in [0.25, 0.3) is 0 Å². The highest BCUT2D eigenvalue weighted by molar-refractivity contribution is 7.46. The fraction of sp³-hybridized carbons (Fsp3) is 0.333. The summed E-state index contributed by atoms with van der Waals surface area (Å²) in [6.07, 6.45) is -1.14. The molecule has 0 aliphatic rings. The Morgan fingerprint density at radius 1 is 1.09 bits per heavy atom. The molecule has 0 spiro atoms. The first-order chi connectivity index (χ1) is 14.9. The SMILES string of the molecule is NC(C=Cc1ccc(OCCCc2ccccc2)c(C(F)(F)F)c1)(CO)COP(=O)(O)O. The van der Waals surface area contributed by atoms with Crippen molar-refractivity contribution in [2.24, 2.45) is 5.73 Å². The van der Waals surface area contributed by atoms with E-state index in [0.717, 1.165) is 17.7 Å². The third-order valence-electron chi connectivity index (χ3n) is 4.42. The molecule has 2 aromatic carbocycles. The van der Waals surface area contributed by atoms with Crippen LogP contribution < -0.4 is 10.5 Å². The predicted molar refractivity (Wildman–Crippen MR) is 113 cm³/mol. The summed E-state index contributed by atoms with van der Waals surface area (Å²) in [5, 5.41) is 9.38. The third-order valence-corrected chi connectivity index (χ3v) is 4.89. The van der Waals surface area contributed by atoms with Crippen molar-refractivity contribution in [1.29, 1.82) is 0 Å². The molecule has 0 fully saturated rings. The zero-order chi connectivity index (χ0) is 23.8. The Bertz CT molecular complexity index is 948. The average Bonchev–Trinajstić information content (AvgIpc) is 2.74. The van der Waals surface area contributed by atoms with Gasteiger partial charge in [0.1, 0.15) is 5.75 Å². The molecule has 0 radical (unpaired) electrons. The summed E-state index contributed by atoms with van der Waals surface area (Å²) in [7, 11) is -4.83. The van der Waals surface area contributed by atoms with Gasteiger partial charge in [0.05, 0.1) is 30.9 Å².